The molecule has 1 aromatic carbocycles. The maximum absolute atomic E-state index is 10.6. The van der Waals surface area contributed by atoms with Crippen LogP contribution in [0.5, 0.6) is 0 Å². The average molecular weight is 245 g/mol. The van der Waals surface area contributed by atoms with Gasteiger partial charge in [-0.2, -0.15) is 4.99 Å². The predicted octanol–water partition coefficient (Wildman–Crippen LogP) is 2.67. The fourth-order valence-electron chi connectivity index (χ4n) is 2.38. The standard InChI is InChI=1S/C15H19NO2/c1-14(2,10-17)12-5-3-6-13(9-12)15(16-11-18)7-4-8-15/h3,5-6,9,17H,4,7-8,10H2,1-2H3. The Hall–Kier alpha value is -1.44. The van der Waals surface area contributed by atoms with Crippen molar-refractivity contribution in [2.24, 2.45) is 4.99 Å². The lowest BCUT2D eigenvalue weighted by atomic mass is 9.71. The Balaban J connectivity index is 2.41. The second-order valence-corrected chi connectivity index (χ2v) is 5.71. The van der Waals surface area contributed by atoms with Gasteiger partial charge in [-0.05, 0) is 30.4 Å². The molecule has 0 aliphatic heterocycles. The summed E-state index contributed by atoms with van der Waals surface area (Å²) in [4.78, 5) is 14.6. The molecule has 0 bridgehead atoms. The molecule has 18 heavy (non-hydrogen) atoms. The summed E-state index contributed by atoms with van der Waals surface area (Å²) in [6.45, 7) is 4.10. The van der Waals surface area contributed by atoms with E-state index in [1.165, 1.54) is 0 Å². The van der Waals surface area contributed by atoms with Crippen LogP contribution in [-0.2, 0) is 15.7 Å². The van der Waals surface area contributed by atoms with Gasteiger partial charge in [0.25, 0.3) is 0 Å². The lowest BCUT2D eigenvalue weighted by Crippen LogP contribution is -2.32. The number of nitrogens with zero attached hydrogens (tertiary/aromatic N) is 1. The number of hydrogen-bond acceptors (Lipinski definition) is 3. The number of aliphatic hydroxyl groups excluding tert-OH is 1. The molecule has 1 aliphatic carbocycles. The van der Waals surface area contributed by atoms with Crippen molar-refractivity contribution in [2.75, 3.05) is 6.61 Å². The van der Waals surface area contributed by atoms with Crippen LogP contribution in [0.15, 0.2) is 29.3 Å². The molecule has 1 N–H and O–H groups in total. The van der Waals surface area contributed by atoms with Gasteiger partial charge in [0.1, 0.15) is 0 Å². The van der Waals surface area contributed by atoms with Crippen molar-refractivity contribution in [3.05, 3.63) is 35.4 Å². The number of aliphatic imine (C=N–C) groups is 1. The van der Waals surface area contributed by atoms with Crippen LogP contribution in [0.2, 0.25) is 0 Å². The number of benzene rings is 1. The first-order chi connectivity index (χ1) is 8.54. The van der Waals surface area contributed by atoms with Gasteiger partial charge in [0, 0.05) is 5.41 Å². The second kappa shape index (κ2) is 4.68. The highest BCUT2D eigenvalue weighted by Crippen LogP contribution is 2.45. The zero-order valence-corrected chi connectivity index (χ0v) is 10.9. The van der Waals surface area contributed by atoms with E-state index in [1.54, 1.807) is 6.08 Å². The largest absolute Gasteiger partial charge is 0.395 e. The van der Waals surface area contributed by atoms with Crippen LogP contribution in [0.1, 0.15) is 44.2 Å². The molecule has 1 fully saturated rings. The van der Waals surface area contributed by atoms with E-state index in [9.17, 15) is 9.90 Å². The summed E-state index contributed by atoms with van der Waals surface area (Å²) in [5, 5.41) is 9.43. The molecule has 96 valence electrons. The first-order valence-electron chi connectivity index (χ1n) is 6.35. The van der Waals surface area contributed by atoms with Crippen LogP contribution in [-0.4, -0.2) is 17.8 Å². The number of aliphatic hydroxyl groups is 1. The van der Waals surface area contributed by atoms with Gasteiger partial charge in [0.15, 0.2) is 0 Å². The van der Waals surface area contributed by atoms with Crippen molar-refractivity contribution in [3.63, 3.8) is 0 Å². The first kappa shape index (κ1) is 13.0. The van der Waals surface area contributed by atoms with Crippen molar-refractivity contribution in [1.82, 2.24) is 0 Å². The van der Waals surface area contributed by atoms with Crippen molar-refractivity contribution in [2.45, 2.75) is 44.1 Å². The summed E-state index contributed by atoms with van der Waals surface area (Å²) < 4.78 is 0. The molecule has 0 amide bonds. The Morgan fingerprint density at radius 1 is 1.44 bits per heavy atom. The van der Waals surface area contributed by atoms with E-state index < -0.39 is 0 Å². The molecule has 2 rings (SSSR count). The van der Waals surface area contributed by atoms with Crippen LogP contribution in [0, 0.1) is 0 Å². The topological polar surface area (TPSA) is 49.7 Å². The molecule has 0 saturated heterocycles. The van der Waals surface area contributed by atoms with E-state index in [0.717, 1.165) is 30.4 Å². The van der Waals surface area contributed by atoms with Crippen LogP contribution in [0.25, 0.3) is 0 Å². The van der Waals surface area contributed by atoms with Crippen LogP contribution in [0.3, 0.4) is 0 Å². The molecule has 0 heterocycles. The highest BCUT2D eigenvalue weighted by Gasteiger charge is 2.39. The lowest BCUT2D eigenvalue weighted by molar-refractivity contribution is 0.217. The minimum absolute atomic E-state index is 0.0976. The van der Waals surface area contributed by atoms with Gasteiger partial charge < -0.3 is 5.11 Å². The normalized spacial score (nSPS) is 17.7. The zero-order valence-electron chi connectivity index (χ0n) is 10.9. The van der Waals surface area contributed by atoms with Crippen molar-refractivity contribution < 1.29 is 9.90 Å². The third-order valence-corrected chi connectivity index (χ3v) is 4.02. The quantitative estimate of drug-likeness (QED) is 0.655. The Labute approximate surface area is 108 Å². The Kier molecular flexibility index (Phi) is 3.38. The average Bonchev–Trinajstić information content (AvgIpc) is 2.34. The van der Waals surface area contributed by atoms with Crippen molar-refractivity contribution >= 4 is 6.08 Å². The SMILES string of the molecule is CC(C)(CO)c1cccc(C2(N=C=O)CCC2)c1. The Morgan fingerprint density at radius 3 is 2.67 bits per heavy atom. The monoisotopic (exact) mass is 245 g/mol. The summed E-state index contributed by atoms with van der Waals surface area (Å²) in [7, 11) is 0. The van der Waals surface area contributed by atoms with Crippen LogP contribution < -0.4 is 0 Å². The van der Waals surface area contributed by atoms with Gasteiger partial charge in [0.2, 0.25) is 6.08 Å². The fourth-order valence-corrected chi connectivity index (χ4v) is 2.38. The number of isocyanates is 1. The van der Waals surface area contributed by atoms with Gasteiger partial charge in [-0.15, -0.1) is 0 Å². The molecule has 1 aromatic rings. The van der Waals surface area contributed by atoms with Gasteiger partial charge in [0.05, 0.1) is 12.1 Å². The van der Waals surface area contributed by atoms with E-state index in [0.29, 0.717) is 0 Å². The maximum Gasteiger partial charge on any atom is 0.235 e. The number of hydrogen-bond donors (Lipinski definition) is 1. The Bertz CT molecular complexity index is 483. The lowest BCUT2D eigenvalue weighted by Gasteiger charge is -2.38. The van der Waals surface area contributed by atoms with Crippen molar-refractivity contribution in [3.8, 4) is 0 Å². The molecule has 0 aromatic heterocycles. The van der Waals surface area contributed by atoms with Gasteiger partial charge in [-0.25, -0.2) is 4.79 Å². The van der Waals surface area contributed by atoms with E-state index in [4.69, 9.17) is 0 Å². The highest BCUT2D eigenvalue weighted by molar-refractivity contribution is 5.41. The third kappa shape index (κ3) is 2.12. The molecule has 0 spiro atoms. The number of carbonyl (C=O) groups excluding carboxylic acids is 1. The second-order valence-electron chi connectivity index (χ2n) is 5.71. The molecule has 3 nitrogen and oxygen atoms in total. The summed E-state index contributed by atoms with van der Waals surface area (Å²) >= 11 is 0. The molecule has 3 heteroatoms. The smallest absolute Gasteiger partial charge is 0.235 e. The maximum atomic E-state index is 10.6. The predicted molar refractivity (Wildman–Crippen MR) is 70.2 cm³/mol. The number of rotatable bonds is 4. The molecule has 0 atom stereocenters. The Morgan fingerprint density at radius 2 is 2.17 bits per heavy atom. The van der Waals surface area contributed by atoms with Gasteiger partial charge >= 0.3 is 0 Å². The molecular weight excluding hydrogens is 226 g/mol. The summed E-state index contributed by atoms with van der Waals surface area (Å²) in [6, 6.07) is 8.06. The summed E-state index contributed by atoms with van der Waals surface area (Å²) in [5.74, 6) is 0. The molecular formula is C15H19NO2. The zero-order chi connectivity index (χ0) is 13.2. The van der Waals surface area contributed by atoms with E-state index >= 15 is 0 Å². The van der Waals surface area contributed by atoms with E-state index in [-0.39, 0.29) is 17.6 Å². The minimum Gasteiger partial charge on any atom is -0.395 e. The summed E-state index contributed by atoms with van der Waals surface area (Å²) in [5.41, 5.74) is 1.51. The van der Waals surface area contributed by atoms with Crippen LogP contribution in [0.4, 0.5) is 0 Å². The third-order valence-electron chi connectivity index (χ3n) is 4.02. The molecule has 0 radical (unpaired) electrons. The van der Waals surface area contributed by atoms with E-state index in [2.05, 4.69) is 11.1 Å². The fraction of sp³-hybridized carbons (Fsp3) is 0.533. The van der Waals surface area contributed by atoms with Crippen molar-refractivity contribution in [1.29, 1.82) is 0 Å². The molecule has 0 unspecified atom stereocenters. The highest BCUT2D eigenvalue weighted by atomic mass is 16.3. The summed E-state index contributed by atoms with van der Waals surface area (Å²) in [6.07, 6.45) is 4.62. The first-order valence-corrected chi connectivity index (χ1v) is 6.35. The molecule has 1 aliphatic rings. The van der Waals surface area contributed by atoms with E-state index in [1.807, 2.05) is 32.0 Å². The van der Waals surface area contributed by atoms with Gasteiger partial charge in [-0.3, -0.25) is 0 Å². The molecule has 1 saturated carbocycles. The van der Waals surface area contributed by atoms with Gasteiger partial charge in [-0.1, -0.05) is 38.1 Å². The minimum atomic E-state index is -0.358. The van der Waals surface area contributed by atoms with Crippen LogP contribution >= 0.6 is 0 Å².